The molecule has 0 saturated heterocycles. The molecule has 0 aliphatic heterocycles. The van der Waals surface area contributed by atoms with Crippen molar-refractivity contribution in [3.05, 3.63) is 63.9 Å². The standard InChI is InChI=1S/C14H6ClF3N2O/c15-10-5-12(17)9(4-13(10)18)14(21)20-8-1-2-11(16)7(3-8)6-19/h1-5H,(H,20,21). The molecular weight excluding hydrogens is 305 g/mol. The molecule has 1 N–H and O–H groups in total. The van der Waals surface area contributed by atoms with E-state index in [2.05, 4.69) is 5.32 Å². The Kier molecular flexibility index (Phi) is 4.15. The van der Waals surface area contributed by atoms with Gasteiger partial charge in [-0.15, -0.1) is 0 Å². The predicted molar refractivity (Wildman–Crippen MR) is 70.4 cm³/mol. The molecular formula is C14H6ClF3N2O. The van der Waals surface area contributed by atoms with Gasteiger partial charge < -0.3 is 5.32 Å². The second-order valence-electron chi connectivity index (χ2n) is 4.01. The van der Waals surface area contributed by atoms with Crippen LogP contribution in [-0.2, 0) is 0 Å². The Bertz CT molecular complexity index is 772. The van der Waals surface area contributed by atoms with Gasteiger partial charge in [0.05, 0.1) is 16.1 Å². The van der Waals surface area contributed by atoms with Crippen molar-refractivity contribution < 1.29 is 18.0 Å². The normalized spacial score (nSPS) is 10.0. The van der Waals surface area contributed by atoms with E-state index in [1.807, 2.05) is 0 Å². The SMILES string of the molecule is N#Cc1cc(NC(=O)c2cc(F)c(Cl)cc2F)ccc1F. The van der Waals surface area contributed by atoms with Gasteiger partial charge in [-0.1, -0.05) is 11.6 Å². The van der Waals surface area contributed by atoms with Crippen LogP contribution >= 0.6 is 11.6 Å². The third-order valence-corrected chi connectivity index (χ3v) is 2.89. The van der Waals surface area contributed by atoms with Crippen LogP contribution in [0.25, 0.3) is 0 Å². The monoisotopic (exact) mass is 310 g/mol. The number of hydrogen-bond donors (Lipinski definition) is 1. The van der Waals surface area contributed by atoms with E-state index in [1.54, 1.807) is 6.07 Å². The van der Waals surface area contributed by atoms with E-state index in [4.69, 9.17) is 16.9 Å². The molecule has 2 rings (SSSR count). The molecule has 0 atom stereocenters. The lowest BCUT2D eigenvalue weighted by Crippen LogP contribution is -2.14. The number of benzene rings is 2. The first kappa shape index (κ1) is 14.9. The molecule has 21 heavy (non-hydrogen) atoms. The Hall–Kier alpha value is -2.52. The summed E-state index contributed by atoms with van der Waals surface area (Å²) >= 11 is 5.38. The van der Waals surface area contributed by atoms with Crippen molar-refractivity contribution in [2.75, 3.05) is 5.32 Å². The van der Waals surface area contributed by atoms with Gasteiger partial charge in [-0.25, -0.2) is 13.2 Å². The Balaban J connectivity index is 2.31. The van der Waals surface area contributed by atoms with E-state index in [0.29, 0.717) is 12.1 Å². The molecule has 0 unspecified atom stereocenters. The Morgan fingerprint density at radius 2 is 1.81 bits per heavy atom. The van der Waals surface area contributed by atoms with E-state index in [9.17, 15) is 18.0 Å². The van der Waals surface area contributed by atoms with Crippen LogP contribution in [0.1, 0.15) is 15.9 Å². The summed E-state index contributed by atoms with van der Waals surface area (Å²) < 4.78 is 40.0. The number of carbonyl (C=O) groups is 1. The zero-order valence-corrected chi connectivity index (χ0v) is 11.0. The predicted octanol–water partition coefficient (Wildman–Crippen LogP) is 3.88. The molecule has 0 bridgehead atoms. The Morgan fingerprint density at radius 3 is 2.48 bits per heavy atom. The molecule has 0 aliphatic rings. The van der Waals surface area contributed by atoms with Crippen LogP contribution in [0.15, 0.2) is 30.3 Å². The number of carbonyl (C=O) groups excluding carboxylic acids is 1. The summed E-state index contributed by atoms with van der Waals surface area (Å²) in [6.45, 7) is 0. The van der Waals surface area contributed by atoms with Crippen molar-refractivity contribution in [3.8, 4) is 6.07 Å². The van der Waals surface area contributed by atoms with Gasteiger partial charge in [0.25, 0.3) is 5.91 Å². The fourth-order valence-corrected chi connectivity index (χ4v) is 1.73. The van der Waals surface area contributed by atoms with Crippen LogP contribution in [0.3, 0.4) is 0 Å². The lowest BCUT2D eigenvalue weighted by Gasteiger charge is -2.07. The van der Waals surface area contributed by atoms with Gasteiger partial charge in [-0.2, -0.15) is 5.26 Å². The highest BCUT2D eigenvalue weighted by molar-refractivity contribution is 6.30. The van der Waals surface area contributed by atoms with Gasteiger partial charge in [-0.3, -0.25) is 4.79 Å². The van der Waals surface area contributed by atoms with E-state index >= 15 is 0 Å². The van der Waals surface area contributed by atoms with Crippen LogP contribution in [0.2, 0.25) is 5.02 Å². The van der Waals surface area contributed by atoms with E-state index in [1.165, 1.54) is 6.07 Å². The minimum Gasteiger partial charge on any atom is -0.322 e. The van der Waals surface area contributed by atoms with Gasteiger partial charge in [0.2, 0.25) is 0 Å². The summed E-state index contributed by atoms with van der Waals surface area (Å²) in [5.74, 6) is -3.64. The van der Waals surface area contributed by atoms with Crippen molar-refractivity contribution in [2.24, 2.45) is 0 Å². The van der Waals surface area contributed by atoms with Crippen molar-refractivity contribution in [3.63, 3.8) is 0 Å². The lowest BCUT2D eigenvalue weighted by atomic mass is 10.1. The van der Waals surface area contributed by atoms with Crippen molar-refractivity contribution in [1.29, 1.82) is 5.26 Å². The van der Waals surface area contributed by atoms with Gasteiger partial charge >= 0.3 is 0 Å². The van der Waals surface area contributed by atoms with Crippen molar-refractivity contribution in [1.82, 2.24) is 0 Å². The minimum atomic E-state index is -0.999. The number of amides is 1. The molecule has 2 aromatic rings. The largest absolute Gasteiger partial charge is 0.322 e. The average Bonchev–Trinajstić information content (AvgIpc) is 2.44. The zero-order valence-electron chi connectivity index (χ0n) is 10.3. The summed E-state index contributed by atoms with van der Waals surface area (Å²) in [5.41, 5.74) is -0.761. The number of nitrogens with zero attached hydrogens (tertiary/aromatic N) is 1. The highest BCUT2D eigenvalue weighted by Crippen LogP contribution is 2.21. The van der Waals surface area contributed by atoms with Gasteiger partial charge in [0.1, 0.15) is 23.5 Å². The summed E-state index contributed by atoms with van der Waals surface area (Å²) in [4.78, 5) is 11.8. The maximum absolute atomic E-state index is 13.6. The third-order valence-electron chi connectivity index (χ3n) is 2.60. The van der Waals surface area contributed by atoms with E-state index in [0.717, 1.165) is 12.1 Å². The fourth-order valence-electron chi connectivity index (χ4n) is 1.58. The van der Waals surface area contributed by atoms with Gasteiger partial charge in [-0.05, 0) is 30.3 Å². The van der Waals surface area contributed by atoms with Gasteiger partial charge in [0.15, 0.2) is 0 Å². The first-order valence-electron chi connectivity index (χ1n) is 5.58. The first-order chi connectivity index (χ1) is 9.92. The third kappa shape index (κ3) is 3.15. The first-order valence-corrected chi connectivity index (χ1v) is 5.95. The second-order valence-corrected chi connectivity index (χ2v) is 4.41. The number of nitriles is 1. The lowest BCUT2D eigenvalue weighted by molar-refractivity contribution is 0.102. The number of hydrogen-bond acceptors (Lipinski definition) is 2. The van der Waals surface area contributed by atoms with E-state index in [-0.39, 0.29) is 11.3 Å². The number of nitrogens with one attached hydrogen (secondary N) is 1. The maximum Gasteiger partial charge on any atom is 0.258 e. The van der Waals surface area contributed by atoms with Crippen LogP contribution in [0, 0.1) is 28.8 Å². The molecule has 3 nitrogen and oxygen atoms in total. The Labute approximate surface area is 122 Å². The molecule has 2 aromatic carbocycles. The molecule has 106 valence electrons. The highest BCUT2D eigenvalue weighted by atomic mass is 35.5. The van der Waals surface area contributed by atoms with Gasteiger partial charge in [0, 0.05) is 5.69 Å². The zero-order chi connectivity index (χ0) is 15.6. The average molecular weight is 311 g/mol. The minimum absolute atomic E-state index is 0.0766. The molecule has 0 heterocycles. The van der Waals surface area contributed by atoms with E-state index < -0.39 is 33.9 Å². The fraction of sp³-hybridized carbons (Fsp3) is 0. The van der Waals surface area contributed by atoms with Crippen LogP contribution in [-0.4, -0.2) is 5.91 Å². The Morgan fingerprint density at radius 1 is 1.10 bits per heavy atom. The summed E-state index contributed by atoms with van der Waals surface area (Å²) in [7, 11) is 0. The second kappa shape index (κ2) is 5.85. The summed E-state index contributed by atoms with van der Waals surface area (Å²) in [5, 5.41) is 10.5. The maximum atomic E-state index is 13.6. The highest BCUT2D eigenvalue weighted by Gasteiger charge is 2.16. The van der Waals surface area contributed by atoms with Crippen LogP contribution in [0.5, 0.6) is 0 Å². The molecule has 0 radical (unpaired) electrons. The molecule has 0 fully saturated rings. The molecule has 7 heteroatoms. The molecule has 0 aliphatic carbocycles. The van der Waals surface area contributed by atoms with Crippen LogP contribution in [0.4, 0.5) is 18.9 Å². The summed E-state index contributed by atoms with van der Waals surface area (Å²) in [6.07, 6.45) is 0. The van der Waals surface area contributed by atoms with Crippen molar-refractivity contribution >= 4 is 23.2 Å². The summed E-state index contributed by atoms with van der Waals surface area (Å²) in [6, 6.07) is 6.18. The number of rotatable bonds is 2. The smallest absolute Gasteiger partial charge is 0.258 e. The van der Waals surface area contributed by atoms with Crippen LogP contribution < -0.4 is 5.32 Å². The van der Waals surface area contributed by atoms with Crippen molar-refractivity contribution in [2.45, 2.75) is 0 Å². The molecule has 1 amide bonds. The molecule has 0 aromatic heterocycles. The quantitative estimate of drug-likeness (QED) is 0.856. The number of halogens is 4. The molecule has 0 spiro atoms. The molecule has 0 saturated carbocycles. The topological polar surface area (TPSA) is 52.9 Å². The number of anilines is 1.